The summed E-state index contributed by atoms with van der Waals surface area (Å²) in [5.41, 5.74) is 0. The molecule has 0 spiro atoms. The fourth-order valence-corrected chi connectivity index (χ4v) is 2.25. The first-order chi connectivity index (χ1) is 8.77. The monoisotopic (exact) mass is 368 g/mol. The summed E-state index contributed by atoms with van der Waals surface area (Å²) in [6, 6.07) is 0. The molecular weight excluding hydrogens is 366 g/mol. The van der Waals surface area contributed by atoms with Crippen LogP contribution in [0, 0.1) is 0 Å². The first-order valence-electron chi connectivity index (χ1n) is 3.10. The topological polar surface area (TPSA) is 155 Å². The van der Waals surface area contributed by atoms with Gasteiger partial charge in [-0.25, -0.2) is 0 Å². The molecule has 0 bridgehead atoms. The molecule has 0 unspecified atom stereocenters. The summed E-state index contributed by atoms with van der Waals surface area (Å²) in [6.07, 6.45) is 0. The van der Waals surface area contributed by atoms with E-state index in [1.165, 1.54) is 48.7 Å². The molecule has 0 aromatic heterocycles. The Morgan fingerprint density at radius 2 is 1.33 bits per heavy atom. The molecule has 2 N–H and O–H groups in total. The van der Waals surface area contributed by atoms with Crippen LogP contribution in [0.25, 0.3) is 0 Å². The fraction of sp³-hybridized carbons (Fsp3) is 0. The predicted molar refractivity (Wildman–Crippen MR) is 53.3 cm³/mol. The Morgan fingerprint density at radius 1 is 0.889 bits per heavy atom. The van der Waals surface area contributed by atoms with Crippen LogP contribution in [-0.2, 0) is 34.0 Å². The zero-order valence-corrected chi connectivity index (χ0v) is 16.5. The number of hydrogen-bond donors (Lipinski definition) is 2. The van der Waals surface area contributed by atoms with E-state index in [9.17, 15) is 4.46 Å². The van der Waals surface area contributed by atoms with Crippen molar-refractivity contribution in [3.05, 3.63) is 0 Å². The van der Waals surface area contributed by atoms with Crippen molar-refractivity contribution in [2.45, 2.75) is 0 Å². The van der Waals surface area contributed by atoms with Gasteiger partial charge in [0.05, 0.1) is 0 Å². The van der Waals surface area contributed by atoms with E-state index < -0.39 is 56.8 Å². The molecule has 0 fully saturated rings. The van der Waals surface area contributed by atoms with E-state index in [2.05, 4.69) is 18.1 Å². The van der Waals surface area contributed by atoms with Crippen molar-refractivity contribution in [3.63, 3.8) is 0 Å². The van der Waals surface area contributed by atoms with Crippen molar-refractivity contribution in [1.29, 1.82) is 0 Å². The van der Waals surface area contributed by atoms with E-state index in [0.29, 0.717) is 0 Å². The van der Waals surface area contributed by atoms with Gasteiger partial charge in [-0.05, 0) is 0 Å². The van der Waals surface area contributed by atoms with Crippen LogP contribution in [0.4, 0.5) is 0 Å². The summed E-state index contributed by atoms with van der Waals surface area (Å²) >= 11 is 0.807. The molecule has 11 nitrogen and oxygen atoms in total. The van der Waals surface area contributed by atoms with Crippen LogP contribution in [-0.4, -0.2) is 116 Å². The molecule has 0 aliphatic rings. The van der Waals surface area contributed by atoms with Gasteiger partial charge in [-0.2, -0.15) is 0 Å². The molecule has 0 aromatic rings. The molecule has 0 amide bonds. The zero-order valence-electron chi connectivity index (χ0n) is 8.53. The van der Waals surface area contributed by atoms with Gasteiger partial charge in [-0.3, -0.25) is 9.72 Å². The summed E-state index contributed by atoms with van der Waals surface area (Å²) in [5.74, 6) is 0. The summed E-state index contributed by atoms with van der Waals surface area (Å²) in [7, 11) is -3.05. The van der Waals surface area contributed by atoms with E-state index in [1.807, 2.05) is 0 Å². The van der Waals surface area contributed by atoms with Gasteiger partial charge < -0.3 is 22.9 Å². The standard InChI is InChI=1S/6Al.H2O4Si.H2O2.5O/c;;;;;;1-4-5(2)3;1-2;;;;;/h;;;;;;1-2H;1-2H;;;;;/q;;;;2*+1;;;;;;;/p-2. The Labute approximate surface area is 148 Å². The molecule has 18 heteroatoms. The van der Waals surface area contributed by atoms with Crippen LogP contribution in [0.1, 0.15) is 0 Å². The van der Waals surface area contributed by atoms with Crippen molar-refractivity contribution in [2.75, 3.05) is 0 Å². The SMILES string of the molecule is O=[Si](O)O[O][Al][O][Al][O][Al][O]O.[O]=[Al].[O]=[Al].[O]=[Al]. The second-order valence-electron chi connectivity index (χ2n) is 1.11. The van der Waals surface area contributed by atoms with Gasteiger partial charge in [-0.15, -0.1) is 0 Å². The molecule has 0 aromatic carbocycles. The molecule has 0 saturated carbocycles. The van der Waals surface area contributed by atoms with Gasteiger partial charge in [0.2, 0.25) is 0 Å². The maximum atomic E-state index is 9.86. The average Bonchev–Trinajstić information content (AvgIpc) is 2.44. The van der Waals surface area contributed by atoms with Crippen LogP contribution >= 0.6 is 0 Å². The summed E-state index contributed by atoms with van der Waals surface area (Å²) in [4.78, 5) is 8.08. The molecule has 6 radical (unpaired) electrons. The Bertz CT molecular complexity index is 152. The molecule has 0 atom stereocenters. The van der Waals surface area contributed by atoms with E-state index >= 15 is 0 Å². The number of rotatable bonds is 8. The summed E-state index contributed by atoms with van der Waals surface area (Å²) in [5, 5.41) is 7.79. The molecule has 18 heavy (non-hydrogen) atoms. The molecule has 0 saturated heterocycles. The molecule has 0 aliphatic heterocycles. The number of hydrogen-bond acceptors (Lipinski definition) is 10. The van der Waals surface area contributed by atoms with Gasteiger partial charge in [0.15, 0.2) is 0 Å². The third kappa shape index (κ3) is 43.0. The Balaban J connectivity index is -0.000000141. The Hall–Kier alpha value is 2.01. The van der Waals surface area contributed by atoms with Crippen molar-refractivity contribution < 1.29 is 44.1 Å². The Kier molecular flexibility index (Phi) is 57.1. The van der Waals surface area contributed by atoms with Crippen LogP contribution in [0.15, 0.2) is 0 Å². The van der Waals surface area contributed by atoms with Gasteiger partial charge in [0, 0.05) is 0 Å². The first-order valence-corrected chi connectivity index (χ1v) is 8.61. The fourth-order valence-electron chi connectivity index (χ4n) is 0.186. The van der Waals surface area contributed by atoms with Crippen molar-refractivity contribution in [3.8, 4) is 0 Å². The Morgan fingerprint density at radius 3 is 1.72 bits per heavy atom. The van der Waals surface area contributed by atoms with Crippen LogP contribution < -0.4 is 0 Å². The van der Waals surface area contributed by atoms with Crippen molar-refractivity contribution in [1.82, 2.24) is 0 Å². The van der Waals surface area contributed by atoms with Crippen LogP contribution in [0.5, 0.6) is 0 Å². The molecule has 90 valence electrons. The van der Waals surface area contributed by atoms with E-state index in [1.54, 1.807) is 0 Å². The average molecular weight is 368 g/mol. The first kappa shape index (κ1) is 28.2. The van der Waals surface area contributed by atoms with E-state index in [-0.39, 0.29) is 0 Å². The minimum atomic E-state index is -3.05. The van der Waals surface area contributed by atoms with Gasteiger partial charge in [-0.1, -0.05) is 0 Å². The van der Waals surface area contributed by atoms with E-state index in [0.717, 1.165) is 0 Å². The normalized spacial score (nSPS) is 6.33. The van der Waals surface area contributed by atoms with Crippen molar-refractivity contribution >= 4 is 106 Å². The third-order valence-corrected chi connectivity index (χ3v) is 2.89. The molecule has 0 rings (SSSR count). The van der Waals surface area contributed by atoms with Gasteiger partial charge in [0.1, 0.15) is 0 Å². The molecular formula is H2Al6O11Si. The predicted octanol–water partition coefficient (Wildman–Crippen LogP) is -4.03. The second kappa shape index (κ2) is 36.4. The summed E-state index contributed by atoms with van der Waals surface area (Å²) in [6.45, 7) is 0. The minimum absolute atomic E-state index is 0.789. The quantitative estimate of drug-likeness (QED) is 0.186. The summed E-state index contributed by atoms with van der Waals surface area (Å²) < 4.78 is 55.3. The zero-order chi connectivity index (χ0) is 15.2. The second-order valence-corrected chi connectivity index (χ2v) is 4.97. The van der Waals surface area contributed by atoms with Gasteiger partial charge >= 0.3 is 117 Å². The van der Waals surface area contributed by atoms with Crippen molar-refractivity contribution in [2.24, 2.45) is 0 Å². The van der Waals surface area contributed by atoms with Crippen LogP contribution in [0.3, 0.4) is 0 Å². The third-order valence-electron chi connectivity index (χ3n) is 0.424. The molecule has 0 aliphatic carbocycles. The van der Waals surface area contributed by atoms with Gasteiger partial charge in [0.25, 0.3) is 0 Å². The van der Waals surface area contributed by atoms with Crippen LogP contribution in [0.2, 0.25) is 0 Å². The van der Waals surface area contributed by atoms with E-state index in [4.69, 9.17) is 21.5 Å². The maximum absolute atomic E-state index is 9.86. The molecule has 0 heterocycles.